The lowest BCUT2D eigenvalue weighted by Gasteiger charge is -2.02. The van der Waals surface area contributed by atoms with Crippen molar-refractivity contribution >= 4 is 52.1 Å². The van der Waals surface area contributed by atoms with Gasteiger partial charge in [0, 0.05) is 10.6 Å². The van der Waals surface area contributed by atoms with Crippen LogP contribution in [0.25, 0.3) is 10.8 Å². The topological polar surface area (TPSA) is 56.0 Å². The van der Waals surface area contributed by atoms with Gasteiger partial charge in [0.2, 0.25) is 0 Å². The minimum Gasteiger partial charge on any atom is -0.410 e. The van der Waals surface area contributed by atoms with Gasteiger partial charge in [-0.2, -0.15) is 0 Å². The Labute approximate surface area is 144 Å². The molecule has 0 radical (unpaired) electrons. The van der Waals surface area contributed by atoms with Gasteiger partial charge in [-0.1, -0.05) is 41.0 Å². The monoisotopic (exact) mass is 370 g/mol. The Morgan fingerprint density at radius 2 is 2.14 bits per heavy atom. The molecule has 22 heavy (non-hydrogen) atoms. The predicted molar refractivity (Wildman–Crippen MR) is 89.1 cm³/mol. The quantitative estimate of drug-likeness (QED) is 0.462. The van der Waals surface area contributed by atoms with E-state index in [0.29, 0.717) is 26.7 Å². The number of carbonyl (C=O) groups is 1. The third kappa shape index (κ3) is 3.52. The van der Waals surface area contributed by atoms with E-state index in [4.69, 9.17) is 27.6 Å². The lowest BCUT2D eigenvalue weighted by atomic mass is 10.1. The van der Waals surface area contributed by atoms with Crippen molar-refractivity contribution < 1.29 is 9.21 Å². The third-order valence-electron chi connectivity index (χ3n) is 2.70. The Morgan fingerprint density at radius 3 is 2.86 bits per heavy atom. The highest BCUT2D eigenvalue weighted by molar-refractivity contribution is 7.99. The standard InChI is InChI=1S/C14H8Cl2N2O2S2/c15-8-3-4-9(10(16)6-8)11(19)7-22-14-18-17-13(20-14)12-2-1-5-21-12/h1-6H,7H2. The van der Waals surface area contributed by atoms with Gasteiger partial charge in [0.1, 0.15) is 0 Å². The normalized spacial score (nSPS) is 10.8. The fourth-order valence-electron chi connectivity index (χ4n) is 1.69. The van der Waals surface area contributed by atoms with Crippen molar-refractivity contribution in [2.75, 3.05) is 5.75 Å². The highest BCUT2D eigenvalue weighted by Gasteiger charge is 2.15. The van der Waals surface area contributed by atoms with Gasteiger partial charge in [0.25, 0.3) is 11.1 Å². The number of nitrogens with zero attached hydrogens (tertiary/aromatic N) is 2. The summed E-state index contributed by atoms with van der Waals surface area (Å²) in [6, 6.07) is 8.59. The second-order valence-corrected chi connectivity index (χ2v) is 6.90. The molecular weight excluding hydrogens is 363 g/mol. The van der Waals surface area contributed by atoms with E-state index in [2.05, 4.69) is 10.2 Å². The molecule has 2 heterocycles. The summed E-state index contributed by atoms with van der Waals surface area (Å²) in [7, 11) is 0. The van der Waals surface area contributed by atoms with E-state index in [9.17, 15) is 4.79 Å². The molecule has 3 aromatic rings. The van der Waals surface area contributed by atoms with Crippen LogP contribution in [0.1, 0.15) is 10.4 Å². The van der Waals surface area contributed by atoms with Gasteiger partial charge < -0.3 is 4.42 Å². The number of aromatic nitrogens is 2. The molecule has 0 fully saturated rings. The van der Waals surface area contributed by atoms with Gasteiger partial charge in [0.15, 0.2) is 5.78 Å². The van der Waals surface area contributed by atoms with Crippen LogP contribution < -0.4 is 0 Å². The fraction of sp³-hybridized carbons (Fsp3) is 0.0714. The zero-order valence-electron chi connectivity index (χ0n) is 11.0. The van der Waals surface area contributed by atoms with Crippen LogP contribution in [0.3, 0.4) is 0 Å². The second-order valence-electron chi connectivity index (χ2n) is 4.19. The van der Waals surface area contributed by atoms with Crippen molar-refractivity contribution in [3.8, 4) is 10.8 Å². The van der Waals surface area contributed by atoms with Gasteiger partial charge in [-0.15, -0.1) is 21.5 Å². The average molecular weight is 371 g/mol. The largest absolute Gasteiger partial charge is 0.410 e. The number of benzene rings is 1. The second kappa shape index (κ2) is 6.83. The molecule has 0 unspecified atom stereocenters. The summed E-state index contributed by atoms with van der Waals surface area (Å²) >= 11 is 14.5. The number of thioether (sulfide) groups is 1. The molecule has 4 nitrogen and oxygen atoms in total. The van der Waals surface area contributed by atoms with E-state index in [1.54, 1.807) is 18.2 Å². The molecule has 2 aromatic heterocycles. The summed E-state index contributed by atoms with van der Waals surface area (Å²) in [6.07, 6.45) is 0. The van der Waals surface area contributed by atoms with Crippen LogP contribution in [0, 0.1) is 0 Å². The number of rotatable bonds is 5. The van der Waals surface area contributed by atoms with Crippen molar-refractivity contribution in [2.24, 2.45) is 0 Å². The third-order valence-corrected chi connectivity index (χ3v) is 4.92. The summed E-state index contributed by atoms with van der Waals surface area (Å²) in [5.74, 6) is 0.491. The van der Waals surface area contributed by atoms with Crippen molar-refractivity contribution in [3.05, 3.63) is 51.3 Å². The molecule has 8 heteroatoms. The zero-order chi connectivity index (χ0) is 15.5. The predicted octanol–water partition coefficient (Wildman–Crippen LogP) is 5.08. The molecule has 0 bridgehead atoms. The highest BCUT2D eigenvalue weighted by Crippen LogP contribution is 2.28. The molecule has 1 aromatic carbocycles. The van der Waals surface area contributed by atoms with Crippen LogP contribution in [0.2, 0.25) is 10.0 Å². The van der Waals surface area contributed by atoms with Crippen molar-refractivity contribution in [2.45, 2.75) is 5.22 Å². The number of hydrogen-bond donors (Lipinski definition) is 0. The van der Waals surface area contributed by atoms with Gasteiger partial charge in [0.05, 0.1) is 15.7 Å². The highest BCUT2D eigenvalue weighted by atomic mass is 35.5. The maximum atomic E-state index is 12.1. The zero-order valence-corrected chi connectivity index (χ0v) is 14.1. The van der Waals surface area contributed by atoms with Gasteiger partial charge in [-0.25, -0.2) is 0 Å². The van der Waals surface area contributed by atoms with E-state index in [0.717, 1.165) is 4.88 Å². The first-order chi connectivity index (χ1) is 10.6. The Kier molecular flexibility index (Phi) is 4.83. The van der Waals surface area contributed by atoms with Crippen molar-refractivity contribution in [1.29, 1.82) is 0 Å². The Morgan fingerprint density at radius 1 is 1.27 bits per heavy atom. The first-order valence-corrected chi connectivity index (χ1v) is 8.74. The van der Waals surface area contributed by atoms with E-state index in [1.165, 1.54) is 23.1 Å². The minimum atomic E-state index is -0.123. The average Bonchev–Trinajstić information content (AvgIpc) is 3.16. The minimum absolute atomic E-state index is 0.123. The van der Waals surface area contributed by atoms with Gasteiger partial charge in [-0.05, 0) is 29.6 Å². The summed E-state index contributed by atoms with van der Waals surface area (Å²) in [5.41, 5.74) is 0.427. The molecule has 0 aliphatic heterocycles. The van der Waals surface area contributed by atoms with Crippen LogP contribution >= 0.6 is 46.3 Å². The molecule has 0 saturated heterocycles. The van der Waals surface area contributed by atoms with E-state index in [1.807, 2.05) is 17.5 Å². The van der Waals surface area contributed by atoms with E-state index in [-0.39, 0.29) is 11.5 Å². The van der Waals surface area contributed by atoms with E-state index >= 15 is 0 Å². The fourth-order valence-corrected chi connectivity index (χ4v) is 3.49. The molecule has 112 valence electrons. The number of halogens is 2. The maximum absolute atomic E-state index is 12.1. The molecule has 0 aliphatic carbocycles. The van der Waals surface area contributed by atoms with Gasteiger partial charge in [-0.3, -0.25) is 4.79 Å². The molecule has 0 aliphatic rings. The lowest BCUT2D eigenvalue weighted by Crippen LogP contribution is -2.03. The molecule has 0 saturated carbocycles. The summed E-state index contributed by atoms with van der Waals surface area (Å²) in [5, 5.41) is 11.0. The first kappa shape index (κ1) is 15.6. The van der Waals surface area contributed by atoms with Crippen molar-refractivity contribution in [1.82, 2.24) is 10.2 Å². The molecule has 0 N–H and O–H groups in total. The van der Waals surface area contributed by atoms with Crippen LogP contribution in [0.5, 0.6) is 0 Å². The smallest absolute Gasteiger partial charge is 0.277 e. The van der Waals surface area contributed by atoms with Gasteiger partial charge >= 0.3 is 0 Å². The Balaban J connectivity index is 1.66. The summed E-state index contributed by atoms with van der Waals surface area (Å²) in [4.78, 5) is 13.0. The lowest BCUT2D eigenvalue weighted by molar-refractivity contribution is 0.102. The first-order valence-electron chi connectivity index (χ1n) is 6.12. The maximum Gasteiger partial charge on any atom is 0.277 e. The molecular formula is C14H8Cl2N2O2S2. The summed E-state index contributed by atoms with van der Waals surface area (Å²) in [6.45, 7) is 0. The summed E-state index contributed by atoms with van der Waals surface area (Å²) < 4.78 is 5.51. The molecule has 0 atom stereocenters. The van der Waals surface area contributed by atoms with E-state index < -0.39 is 0 Å². The number of carbonyl (C=O) groups excluding carboxylic acids is 1. The number of ketones is 1. The molecule has 3 rings (SSSR count). The van der Waals surface area contributed by atoms with Crippen LogP contribution in [0.4, 0.5) is 0 Å². The van der Waals surface area contributed by atoms with Crippen molar-refractivity contribution in [3.63, 3.8) is 0 Å². The van der Waals surface area contributed by atoms with Crippen LogP contribution in [-0.4, -0.2) is 21.7 Å². The Bertz CT molecular complexity index is 803. The van der Waals surface area contributed by atoms with Crippen LogP contribution in [0.15, 0.2) is 45.4 Å². The molecule has 0 spiro atoms. The number of hydrogen-bond acceptors (Lipinski definition) is 6. The number of Topliss-reactive ketones (excluding diaryl/α,β-unsaturated/α-hetero) is 1. The number of thiophene rings is 1. The molecule has 0 amide bonds. The Hall–Kier alpha value is -1.34. The SMILES string of the molecule is O=C(CSc1nnc(-c2cccs2)o1)c1ccc(Cl)cc1Cl. The van der Waals surface area contributed by atoms with Crippen LogP contribution in [-0.2, 0) is 0 Å².